The zero-order valence-electron chi connectivity index (χ0n) is 8.08. The van der Waals surface area contributed by atoms with Crippen LogP contribution in [0.1, 0.15) is 19.4 Å². The molecule has 1 amide bonds. The van der Waals surface area contributed by atoms with Crippen LogP contribution in [0.4, 0.5) is 4.79 Å². The van der Waals surface area contributed by atoms with Crippen LogP contribution in [-0.2, 0) is 10.3 Å². The zero-order chi connectivity index (χ0) is 10.8. The van der Waals surface area contributed by atoms with Crippen molar-refractivity contribution in [3.05, 3.63) is 34.3 Å². The summed E-state index contributed by atoms with van der Waals surface area (Å²) in [4.78, 5) is 10.7. The van der Waals surface area contributed by atoms with E-state index in [0.29, 0.717) is 0 Å². The Balaban J connectivity index is 2.97. The van der Waals surface area contributed by atoms with Gasteiger partial charge in [-0.3, -0.25) is 0 Å². The highest BCUT2D eigenvalue weighted by Gasteiger charge is 2.24. The Morgan fingerprint density at radius 1 is 1.50 bits per heavy atom. The molecule has 0 radical (unpaired) electrons. The van der Waals surface area contributed by atoms with Crippen LogP contribution < -0.4 is 5.73 Å². The number of carbonyl (C=O) groups excluding carboxylic acids is 1. The highest BCUT2D eigenvalue weighted by atomic mass is 79.9. The monoisotopic (exact) mass is 257 g/mol. The van der Waals surface area contributed by atoms with E-state index < -0.39 is 11.7 Å². The van der Waals surface area contributed by atoms with E-state index in [4.69, 9.17) is 10.5 Å². The van der Waals surface area contributed by atoms with Gasteiger partial charge < -0.3 is 10.5 Å². The molecular weight excluding hydrogens is 246 g/mol. The summed E-state index contributed by atoms with van der Waals surface area (Å²) in [6, 6.07) is 7.56. The van der Waals surface area contributed by atoms with E-state index >= 15 is 0 Å². The number of hydrogen-bond donors (Lipinski definition) is 1. The fourth-order valence-electron chi connectivity index (χ4n) is 1.17. The molecule has 1 rings (SSSR count). The van der Waals surface area contributed by atoms with Crippen LogP contribution in [0.5, 0.6) is 0 Å². The van der Waals surface area contributed by atoms with Gasteiger partial charge in [-0.2, -0.15) is 0 Å². The first-order chi connectivity index (χ1) is 6.42. The number of hydrogen-bond acceptors (Lipinski definition) is 2. The highest BCUT2D eigenvalue weighted by Crippen LogP contribution is 2.26. The van der Waals surface area contributed by atoms with Crippen molar-refractivity contribution in [3.8, 4) is 0 Å². The molecule has 76 valence electrons. The molecule has 1 aromatic carbocycles. The third-order valence-corrected chi connectivity index (χ3v) is 2.37. The quantitative estimate of drug-likeness (QED) is 0.886. The SMILES string of the molecule is CC(C)(OC(N)=O)c1cccc(Br)c1. The summed E-state index contributed by atoms with van der Waals surface area (Å²) in [5, 5.41) is 0. The summed E-state index contributed by atoms with van der Waals surface area (Å²) in [5.41, 5.74) is 5.18. The van der Waals surface area contributed by atoms with Crippen LogP contribution >= 0.6 is 15.9 Å². The van der Waals surface area contributed by atoms with Crippen molar-refractivity contribution in [3.63, 3.8) is 0 Å². The second-order valence-electron chi connectivity index (χ2n) is 3.44. The maximum atomic E-state index is 10.7. The predicted octanol–water partition coefficient (Wildman–Crippen LogP) is 2.78. The van der Waals surface area contributed by atoms with E-state index in [1.54, 1.807) is 13.8 Å². The molecule has 0 unspecified atom stereocenters. The Morgan fingerprint density at radius 3 is 2.64 bits per heavy atom. The van der Waals surface area contributed by atoms with E-state index in [0.717, 1.165) is 10.0 Å². The number of benzene rings is 1. The third-order valence-electron chi connectivity index (χ3n) is 1.88. The van der Waals surface area contributed by atoms with Gasteiger partial charge >= 0.3 is 6.09 Å². The first-order valence-electron chi connectivity index (χ1n) is 4.16. The maximum absolute atomic E-state index is 10.7. The van der Waals surface area contributed by atoms with E-state index in [1.807, 2.05) is 24.3 Å². The Hall–Kier alpha value is -1.03. The number of carbonyl (C=O) groups is 1. The van der Waals surface area contributed by atoms with Crippen LogP contribution in [0.3, 0.4) is 0 Å². The van der Waals surface area contributed by atoms with Gasteiger partial charge in [-0.1, -0.05) is 28.1 Å². The van der Waals surface area contributed by atoms with Gasteiger partial charge in [0.05, 0.1) is 0 Å². The first kappa shape index (κ1) is 11.0. The van der Waals surface area contributed by atoms with Crippen molar-refractivity contribution in [1.82, 2.24) is 0 Å². The summed E-state index contributed by atoms with van der Waals surface area (Å²) in [7, 11) is 0. The maximum Gasteiger partial charge on any atom is 0.405 e. The minimum atomic E-state index is -0.769. The van der Waals surface area contributed by atoms with Gasteiger partial charge in [-0.25, -0.2) is 4.79 Å². The van der Waals surface area contributed by atoms with Crippen molar-refractivity contribution < 1.29 is 9.53 Å². The molecule has 0 aromatic heterocycles. The number of halogens is 1. The van der Waals surface area contributed by atoms with Crippen LogP contribution in [0.15, 0.2) is 28.7 Å². The number of ether oxygens (including phenoxy) is 1. The van der Waals surface area contributed by atoms with Gasteiger partial charge in [-0.05, 0) is 31.5 Å². The van der Waals surface area contributed by atoms with E-state index in [9.17, 15) is 4.79 Å². The largest absolute Gasteiger partial charge is 0.439 e. The highest BCUT2D eigenvalue weighted by molar-refractivity contribution is 9.10. The molecule has 0 saturated heterocycles. The molecule has 1 aromatic rings. The minimum absolute atomic E-state index is 0.699. The van der Waals surface area contributed by atoms with Crippen LogP contribution in [0.2, 0.25) is 0 Å². The molecule has 0 atom stereocenters. The lowest BCUT2D eigenvalue weighted by molar-refractivity contribution is 0.0432. The molecule has 3 nitrogen and oxygen atoms in total. The predicted molar refractivity (Wildman–Crippen MR) is 57.8 cm³/mol. The Kier molecular flexibility index (Phi) is 3.16. The summed E-state index contributed by atoms with van der Waals surface area (Å²) in [6.07, 6.45) is -0.769. The van der Waals surface area contributed by atoms with Crippen molar-refractivity contribution in [1.29, 1.82) is 0 Å². The Morgan fingerprint density at radius 2 is 2.14 bits per heavy atom. The number of nitrogens with two attached hydrogens (primary N) is 1. The van der Waals surface area contributed by atoms with E-state index in [1.165, 1.54) is 0 Å². The van der Waals surface area contributed by atoms with Gasteiger partial charge in [0.15, 0.2) is 0 Å². The second-order valence-corrected chi connectivity index (χ2v) is 4.36. The van der Waals surface area contributed by atoms with E-state index in [2.05, 4.69) is 15.9 Å². The lowest BCUT2D eigenvalue weighted by Crippen LogP contribution is -2.28. The fraction of sp³-hybridized carbons (Fsp3) is 0.300. The van der Waals surface area contributed by atoms with Crippen LogP contribution in [-0.4, -0.2) is 6.09 Å². The molecule has 14 heavy (non-hydrogen) atoms. The molecule has 0 spiro atoms. The molecule has 0 aliphatic carbocycles. The zero-order valence-corrected chi connectivity index (χ0v) is 9.67. The standard InChI is InChI=1S/C10H12BrNO2/c1-10(2,14-9(12)13)7-4-3-5-8(11)6-7/h3-6H,1-2H3,(H2,12,13). The number of primary amides is 1. The molecule has 0 saturated carbocycles. The summed E-state index contributed by atoms with van der Waals surface area (Å²) in [5.74, 6) is 0. The van der Waals surface area contributed by atoms with Gasteiger partial charge in [0.2, 0.25) is 0 Å². The molecular formula is C10H12BrNO2. The molecule has 0 heterocycles. The van der Waals surface area contributed by atoms with Gasteiger partial charge in [0.25, 0.3) is 0 Å². The average Bonchev–Trinajstić information content (AvgIpc) is 2.01. The van der Waals surface area contributed by atoms with Crippen LogP contribution in [0.25, 0.3) is 0 Å². The van der Waals surface area contributed by atoms with E-state index in [-0.39, 0.29) is 0 Å². The molecule has 0 fully saturated rings. The van der Waals surface area contributed by atoms with Crippen molar-refractivity contribution in [2.45, 2.75) is 19.4 Å². The smallest absolute Gasteiger partial charge is 0.405 e. The van der Waals surface area contributed by atoms with Gasteiger partial charge in [-0.15, -0.1) is 0 Å². The average molecular weight is 258 g/mol. The normalized spacial score (nSPS) is 11.1. The second kappa shape index (κ2) is 4.00. The Bertz CT molecular complexity index is 350. The minimum Gasteiger partial charge on any atom is -0.439 e. The third kappa shape index (κ3) is 2.73. The first-order valence-corrected chi connectivity index (χ1v) is 4.95. The molecule has 0 aliphatic rings. The molecule has 2 N–H and O–H groups in total. The van der Waals surface area contributed by atoms with Crippen molar-refractivity contribution >= 4 is 22.0 Å². The topological polar surface area (TPSA) is 52.3 Å². The lowest BCUT2D eigenvalue weighted by atomic mass is 9.98. The Labute approximate surface area is 91.4 Å². The van der Waals surface area contributed by atoms with Crippen molar-refractivity contribution in [2.24, 2.45) is 5.73 Å². The van der Waals surface area contributed by atoms with Gasteiger partial charge in [0, 0.05) is 4.47 Å². The van der Waals surface area contributed by atoms with Gasteiger partial charge in [0.1, 0.15) is 5.60 Å². The fourth-order valence-corrected chi connectivity index (χ4v) is 1.57. The number of amides is 1. The van der Waals surface area contributed by atoms with Crippen LogP contribution in [0, 0.1) is 0 Å². The summed E-state index contributed by atoms with van der Waals surface area (Å²) >= 11 is 3.35. The van der Waals surface area contributed by atoms with Crippen molar-refractivity contribution in [2.75, 3.05) is 0 Å². The molecule has 0 bridgehead atoms. The summed E-state index contributed by atoms with van der Waals surface area (Å²) in [6.45, 7) is 3.58. The molecule has 0 aliphatic heterocycles. The number of rotatable bonds is 2. The summed E-state index contributed by atoms with van der Waals surface area (Å²) < 4.78 is 5.94. The molecule has 4 heteroatoms. The lowest BCUT2D eigenvalue weighted by Gasteiger charge is -2.24.